The van der Waals surface area contributed by atoms with Crippen LogP contribution in [-0.4, -0.2) is 5.78 Å². The van der Waals surface area contributed by atoms with E-state index in [1.807, 2.05) is 0 Å². The standard InChI is InChI=1S/C18H13F3O/c1-2-13-5-3-6-14(9-13)11-17(22)12-15-7-4-8-16(10-15)18(19,20)21/h1,3-10H,11-12H2. The highest BCUT2D eigenvalue weighted by Gasteiger charge is 2.30. The number of carbonyl (C=O) groups is 1. The van der Waals surface area contributed by atoms with Crippen LogP contribution < -0.4 is 0 Å². The van der Waals surface area contributed by atoms with Gasteiger partial charge in [0.2, 0.25) is 0 Å². The maximum atomic E-state index is 12.6. The van der Waals surface area contributed by atoms with E-state index in [0.717, 1.165) is 17.7 Å². The third-order valence-electron chi connectivity index (χ3n) is 3.15. The first kappa shape index (κ1) is 15.8. The molecule has 4 heteroatoms. The lowest BCUT2D eigenvalue weighted by Gasteiger charge is -2.08. The molecule has 0 radical (unpaired) electrons. The van der Waals surface area contributed by atoms with Gasteiger partial charge in [-0.05, 0) is 29.3 Å². The molecule has 0 aliphatic rings. The van der Waals surface area contributed by atoms with Crippen LogP contribution in [0.4, 0.5) is 13.2 Å². The summed E-state index contributed by atoms with van der Waals surface area (Å²) in [7, 11) is 0. The van der Waals surface area contributed by atoms with Crippen molar-refractivity contribution < 1.29 is 18.0 Å². The number of carbonyl (C=O) groups excluding carboxylic acids is 1. The van der Waals surface area contributed by atoms with Crippen LogP contribution in [0.1, 0.15) is 22.3 Å². The normalized spacial score (nSPS) is 11.0. The highest BCUT2D eigenvalue weighted by atomic mass is 19.4. The quantitative estimate of drug-likeness (QED) is 0.779. The number of alkyl halides is 3. The summed E-state index contributed by atoms with van der Waals surface area (Å²) in [5.41, 5.74) is 1.04. The molecule has 2 aromatic carbocycles. The maximum absolute atomic E-state index is 12.6. The van der Waals surface area contributed by atoms with Crippen LogP contribution >= 0.6 is 0 Å². The maximum Gasteiger partial charge on any atom is 0.416 e. The number of halogens is 3. The molecule has 1 nitrogen and oxygen atoms in total. The van der Waals surface area contributed by atoms with E-state index in [0.29, 0.717) is 11.1 Å². The fourth-order valence-corrected chi connectivity index (χ4v) is 2.15. The van der Waals surface area contributed by atoms with Gasteiger partial charge in [0.25, 0.3) is 0 Å². The molecule has 0 unspecified atom stereocenters. The summed E-state index contributed by atoms with van der Waals surface area (Å²) in [4.78, 5) is 12.0. The predicted octanol–water partition coefficient (Wildman–Crippen LogP) is 4.04. The Hall–Kier alpha value is -2.54. The third kappa shape index (κ3) is 4.23. The molecule has 112 valence electrons. The second kappa shape index (κ2) is 6.48. The van der Waals surface area contributed by atoms with Gasteiger partial charge < -0.3 is 0 Å². The molecule has 0 aliphatic heterocycles. The molecule has 0 aliphatic carbocycles. The molecule has 0 saturated carbocycles. The number of benzene rings is 2. The lowest BCUT2D eigenvalue weighted by molar-refractivity contribution is -0.137. The van der Waals surface area contributed by atoms with Gasteiger partial charge in [0.05, 0.1) is 5.56 Å². The van der Waals surface area contributed by atoms with Crippen molar-refractivity contribution in [3.8, 4) is 12.3 Å². The lowest BCUT2D eigenvalue weighted by Crippen LogP contribution is -2.09. The molecule has 0 N–H and O–H groups in total. The van der Waals surface area contributed by atoms with Crippen molar-refractivity contribution in [2.45, 2.75) is 19.0 Å². The molecular weight excluding hydrogens is 289 g/mol. The molecule has 22 heavy (non-hydrogen) atoms. The van der Waals surface area contributed by atoms with Crippen LogP contribution in [0.2, 0.25) is 0 Å². The monoisotopic (exact) mass is 302 g/mol. The predicted molar refractivity (Wildman–Crippen MR) is 78.2 cm³/mol. The Balaban J connectivity index is 2.08. The van der Waals surface area contributed by atoms with Crippen LogP contribution in [0.5, 0.6) is 0 Å². The van der Waals surface area contributed by atoms with Gasteiger partial charge in [0, 0.05) is 18.4 Å². The Morgan fingerprint density at radius 1 is 1.00 bits per heavy atom. The second-order valence-corrected chi connectivity index (χ2v) is 4.94. The second-order valence-electron chi connectivity index (χ2n) is 4.94. The molecule has 2 rings (SSSR count). The largest absolute Gasteiger partial charge is 0.416 e. The average molecular weight is 302 g/mol. The average Bonchev–Trinajstić information content (AvgIpc) is 2.46. The molecule has 0 aromatic heterocycles. The summed E-state index contributed by atoms with van der Waals surface area (Å²) in [6, 6.07) is 11.8. The zero-order chi connectivity index (χ0) is 16.2. The summed E-state index contributed by atoms with van der Waals surface area (Å²) < 4.78 is 37.9. The highest BCUT2D eigenvalue weighted by molar-refractivity contribution is 5.83. The van der Waals surface area contributed by atoms with Gasteiger partial charge in [-0.2, -0.15) is 13.2 Å². The van der Waals surface area contributed by atoms with E-state index >= 15 is 0 Å². The van der Waals surface area contributed by atoms with Crippen LogP contribution in [0.3, 0.4) is 0 Å². The molecule has 0 heterocycles. The van der Waals surface area contributed by atoms with Crippen LogP contribution in [0.25, 0.3) is 0 Å². The Bertz CT molecular complexity index is 724. The summed E-state index contributed by atoms with van der Waals surface area (Å²) >= 11 is 0. The fourth-order valence-electron chi connectivity index (χ4n) is 2.15. The molecule has 0 amide bonds. The summed E-state index contributed by atoms with van der Waals surface area (Å²) in [6.45, 7) is 0. The van der Waals surface area contributed by atoms with E-state index in [1.54, 1.807) is 24.3 Å². The SMILES string of the molecule is C#Cc1cccc(CC(=O)Cc2cccc(C(F)(F)F)c2)c1. The van der Waals surface area contributed by atoms with E-state index < -0.39 is 11.7 Å². The number of Topliss-reactive ketones (excluding diaryl/α,β-unsaturated/α-hetero) is 1. The van der Waals surface area contributed by atoms with Crippen molar-refractivity contribution in [2.24, 2.45) is 0 Å². The van der Waals surface area contributed by atoms with Crippen LogP contribution in [-0.2, 0) is 23.8 Å². The van der Waals surface area contributed by atoms with Crippen molar-refractivity contribution >= 4 is 5.78 Å². The van der Waals surface area contributed by atoms with E-state index in [2.05, 4.69) is 5.92 Å². The Labute approximate surface area is 126 Å². The Morgan fingerprint density at radius 2 is 1.59 bits per heavy atom. The smallest absolute Gasteiger partial charge is 0.299 e. The van der Waals surface area contributed by atoms with Crippen LogP contribution in [0.15, 0.2) is 48.5 Å². The van der Waals surface area contributed by atoms with Gasteiger partial charge >= 0.3 is 6.18 Å². The summed E-state index contributed by atoms with van der Waals surface area (Å²) in [5.74, 6) is 2.32. The van der Waals surface area contributed by atoms with E-state index in [9.17, 15) is 18.0 Å². The molecular formula is C18H13F3O. The zero-order valence-electron chi connectivity index (χ0n) is 11.7. The first-order chi connectivity index (χ1) is 10.4. The van der Waals surface area contributed by atoms with Gasteiger partial charge in [0.1, 0.15) is 5.78 Å². The molecule has 0 saturated heterocycles. The highest BCUT2D eigenvalue weighted by Crippen LogP contribution is 2.29. The number of hydrogen-bond donors (Lipinski definition) is 0. The fraction of sp³-hybridized carbons (Fsp3) is 0.167. The van der Waals surface area contributed by atoms with Gasteiger partial charge in [-0.15, -0.1) is 6.42 Å². The van der Waals surface area contributed by atoms with Gasteiger partial charge in [0.15, 0.2) is 0 Å². The Kier molecular flexibility index (Phi) is 4.67. The summed E-state index contributed by atoms with van der Waals surface area (Å²) in [6.07, 6.45) is 0.994. The number of ketones is 1. The minimum atomic E-state index is -4.40. The number of rotatable bonds is 4. The topological polar surface area (TPSA) is 17.1 Å². The van der Waals surface area contributed by atoms with E-state index in [-0.39, 0.29) is 18.6 Å². The Morgan fingerprint density at radius 3 is 2.18 bits per heavy atom. The first-order valence-electron chi connectivity index (χ1n) is 6.62. The number of terminal acetylenes is 1. The minimum Gasteiger partial charge on any atom is -0.299 e. The molecule has 0 fully saturated rings. The van der Waals surface area contributed by atoms with E-state index in [1.165, 1.54) is 12.1 Å². The minimum absolute atomic E-state index is 0.0375. The van der Waals surface area contributed by atoms with Crippen molar-refractivity contribution in [1.29, 1.82) is 0 Å². The molecule has 0 atom stereocenters. The lowest BCUT2D eigenvalue weighted by atomic mass is 10.00. The van der Waals surface area contributed by atoms with Crippen LogP contribution in [0, 0.1) is 12.3 Å². The van der Waals surface area contributed by atoms with Gasteiger partial charge in [-0.25, -0.2) is 0 Å². The van der Waals surface area contributed by atoms with Crippen molar-refractivity contribution in [1.82, 2.24) is 0 Å². The van der Waals surface area contributed by atoms with Gasteiger partial charge in [-0.1, -0.05) is 36.3 Å². The number of hydrogen-bond acceptors (Lipinski definition) is 1. The molecule has 0 bridgehead atoms. The summed E-state index contributed by atoms with van der Waals surface area (Å²) in [5, 5.41) is 0. The third-order valence-corrected chi connectivity index (χ3v) is 3.15. The van der Waals surface area contributed by atoms with Crippen molar-refractivity contribution in [2.75, 3.05) is 0 Å². The molecule has 0 spiro atoms. The zero-order valence-corrected chi connectivity index (χ0v) is 11.7. The van der Waals surface area contributed by atoms with E-state index in [4.69, 9.17) is 6.42 Å². The van der Waals surface area contributed by atoms with Crippen molar-refractivity contribution in [3.63, 3.8) is 0 Å². The van der Waals surface area contributed by atoms with Gasteiger partial charge in [-0.3, -0.25) is 4.79 Å². The molecule has 2 aromatic rings. The van der Waals surface area contributed by atoms with Crippen molar-refractivity contribution in [3.05, 3.63) is 70.8 Å². The first-order valence-corrected chi connectivity index (χ1v) is 6.62.